The number of phenolic OH excluding ortho intramolecular Hbond substituents is 3. The Labute approximate surface area is 72.5 Å². The first-order chi connectivity index (χ1) is 5.46. The molecule has 0 radical (unpaired) electrons. The number of phenols is 3. The number of rotatable bonds is 0. The Morgan fingerprint density at radius 2 is 1.17 bits per heavy atom. The van der Waals surface area contributed by atoms with Gasteiger partial charge in [-0.25, -0.2) is 0 Å². The summed E-state index contributed by atoms with van der Waals surface area (Å²) < 4.78 is 0. The van der Waals surface area contributed by atoms with Gasteiger partial charge in [0.15, 0.2) is 0 Å². The summed E-state index contributed by atoms with van der Waals surface area (Å²) in [6, 6.07) is 0. The van der Waals surface area contributed by atoms with E-state index in [9.17, 15) is 15.3 Å². The zero-order valence-electron chi connectivity index (χ0n) is 7.34. The summed E-state index contributed by atoms with van der Waals surface area (Å²) in [6.45, 7) is 1.60. The lowest BCUT2D eigenvalue weighted by molar-refractivity contribution is 0.433. The number of benzene rings is 1. The smallest absolute Gasteiger partial charge is 0.149 e. The van der Waals surface area contributed by atoms with Crippen molar-refractivity contribution in [1.29, 1.82) is 0 Å². The van der Waals surface area contributed by atoms with Crippen molar-refractivity contribution < 1.29 is 15.3 Å². The second-order valence-electron chi connectivity index (χ2n) is 2.92. The van der Waals surface area contributed by atoms with Gasteiger partial charge in [0, 0.05) is 5.56 Å². The molecule has 0 aromatic heterocycles. The molecule has 12 heavy (non-hydrogen) atoms. The van der Waals surface area contributed by atoms with E-state index >= 15 is 0 Å². The fourth-order valence-corrected chi connectivity index (χ4v) is 1.18. The van der Waals surface area contributed by atoms with Crippen LogP contribution in [0, 0.1) is 6.92 Å². The number of hydrogen-bond donors (Lipinski definition) is 3. The molecule has 0 fully saturated rings. The summed E-state index contributed by atoms with van der Waals surface area (Å²) >= 11 is 0. The van der Waals surface area contributed by atoms with Crippen LogP contribution in [0.4, 0.5) is 0 Å². The van der Waals surface area contributed by atoms with Gasteiger partial charge in [-0.15, -0.1) is 0 Å². The molecule has 0 amide bonds. The fourth-order valence-electron chi connectivity index (χ4n) is 1.18. The maximum Gasteiger partial charge on any atom is 0.149 e. The molecule has 0 aliphatic rings. The van der Waals surface area contributed by atoms with Crippen LogP contribution in [0.3, 0.4) is 0 Å². The van der Waals surface area contributed by atoms with Gasteiger partial charge in [-0.1, -0.05) is 0 Å². The van der Waals surface area contributed by atoms with E-state index in [1.165, 1.54) is 0 Å². The molecule has 62 valence electrons. The molecule has 1 aromatic carbocycles. The van der Waals surface area contributed by atoms with Crippen molar-refractivity contribution in [2.45, 2.75) is 6.92 Å². The molecule has 0 aliphatic carbocycles. The number of hydrogen-bond acceptors (Lipinski definition) is 3. The van der Waals surface area contributed by atoms with Crippen LogP contribution >= 0.6 is 0 Å². The SMILES string of the molecule is Bc1c(O)c(B)c(O)c(C)c1O. The third kappa shape index (κ3) is 1.02. The van der Waals surface area contributed by atoms with E-state index < -0.39 is 0 Å². The molecule has 5 heteroatoms. The summed E-state index contributed by atoms with van der Waals surface area (Å²) in [5.41, 5.74) is 1.22. The first-order valence-electron chi connectivity index (χ1n) is 3.67. The van der Waals surface area contributed by atoms with E-state index in [4.69, 9.17) is 0 Å². The standard InChI is InChI=1S/C7H10B2O3/c1-2-5(10)3(8)7(12)4(9)6(2)11/h10-12H,8-9H2,1H3. The van der Waals surface area contributed by atoms with E-state index in [2.05, 4.69) is 0 Å². The molecular formula is C7H10B2O3. The van der Waals surface area contributed by atoms with Crippen molar-refractivity contribution in [1.82, 2.24) is 0 Å². The Kier molecular flexibility index (Phi) is 1.96. The Morgan fingerprint density at radius 1 is 0.833 bits per heavy atom. The van der Waals surface area contributed by atoms with E-state index in [0.717, 1.165) is 0 Å². The van der Waals surface area contributed by atoms with Gasteiger partial charge in [0.05, 0.1) is 0 Å². The van der Waals surface area contributed by atoms with Gasteiger partial charge in [0.1, 0.15) is 32.9 Å². The molecule has 0 heterocycles. The highest BCUT2D eigenvalue weighted by Gasteiger charge is 2.14. The minimum absolute atomic E-state index is 0.0457. The highest BCUT2D eigenvalue weighted by Crippen LogP contribution is 2.24. The van der Waals surface area contributed by atoms with E-state index in [1.807, 2.05) is 0 Å². The lowest BCUT2D eigenvalue weighted by Gasteiger charge is -2.11. The van der Waals surface area contributed by atoms with Crippen molar-refractivity contribution in [2.75, 3.05) is 0 Å². The molecular weight excluding hydrogens is 154 g/mol. The highest BCUT2D eigenvalue weighted by atomic mass is 16.3. The molecule has 0 spiro atoms. The lowest BCUT2D eigenvalue weighted by atomic mass is 9.82. The Bertz CT molecular complexity index is 231. The fraction of sp³-hybridized carbons (Fsp3) is 0.143. The van der Waals surface area contributed by atoms with Crippen LogP contribution in [0.25, 0.3) is 0 Å². The zero-order chi connectivity index (χ0) is 9.46. The molecule has 0 unspecified atom stereocenters. The normalized spacial score (nSPS) is 10.1. The lowest BCUT2D eigenvalue weighted by Crippen LogP contribution is -2.17. The highest BCUT2D eigenvalue weighted by molar-refractivity contribution is 6.43. The van der Waals surface area contributed by atoms with Crippen LogP contribution in [-0.4, -0.2) is 31.0 Å². The van der Waals surface area contributed by atoms with Gasteiger partial charge in [0.25, 0.3) is 0 Å². The van der Waals surface area contributed by atoms with E-state index in [1.54, 1.807) is 22.6 Å². The van der Waals surface area contributed by atoms with Gasteiger partial charge in [-0.2, -0.15) is 0 Å². The van der Waals surface area contributed by atoms with Gasteiger partial charge in [0.2, 0.25) is 0 Å². The maximum atomic E-state index is 9.37. The van der Waals surface area contributed by atoms with E-state index in [-0.39, 0.29) is 17.2 Å². The summed E-state index contributed by atoms with van der Waals surface area (Å²) in [6.07, 6.45) is 0. The van der Waals surface area contributed by atoms with Gasteiger partial charge >= 0.3 is 0 Å². The summed E-state index contributed by atoms with van der Waals surface area (Å²) in [5.74, 6) is -0.137. The Hall–Kier alpha value is -1.25. The van der Waals surface area contributed by atoms with Gasteiger partial charge < -0.3 is 15.3 Å². The molecule has 1 rings (SSSR count). The first kappa shape index (κ1) is 8.84. The van der Waals surface area contributed by atoms with Gasteiger partial charge in [-0.3, -0.25) is 0 Å². The molecule has 0 atom stereocenters. The second-order valence-corrected chi connectivity index (χ2v) is 2.92. The van der Waals surface area contributed by atoms with Crippen LogP contribution in [0.1, 0.15) is 5.56 Å². The average molecular weight is 164 g/mol. The average Bonchev–Trinajstić information content (AvgIpc) is 2.08. The van der Waals surface area contributed by atoms with E-state index in [0.29, 0.717) is 16.5 Å². The second kappa shape index (κ2) is 2.66. The molecule has 3 nitrogen and oxygen atoms in total. The zero-order valence-corrected chi connectivity index (χ0v) is 7.34. The predicted octanol–water partition coefficient (Wildman–Crippen LogP) is -2.37. The van der Waals surface area contributed by atoms with Crippen LogP contribution in [0.2, 0.25) is 0 Å². The van der Waals surface area contributed by atoms with Crippen molar-refractivity contribution >= 4 is 26.6 Å². The monoisotopic (exact) mass is 164 g/mol. The van der Waals surface area contributed by atoms with Crippen molar-refractivity contribution in [3.63, 3.8) is 0 Å². The predicted molar refractivity (Wildman–Crippen MR) is 52.5 cm³/mol. The molecule has 0 saturated heterocycles. The Balaban J connectivity index is 3.60. The first-order valence-corrected chi connectivity index (χ1v) is 3.67. The quantitative estimate of drug-likeness (QED) is 0.375. The largest absolute Gasteiger partial charge is 0.509 e. The van der Waals surface area contributed by atoms with Crippen LogP contribution in [-0.2, 0) is 0 Å². The molecule has 0 aliphatic heterocycles. The summed E-state index contributed by atoms with van der Waals surface area (Å²) in [4.78, 5) is 0. The summed E-state index contributed by atoms with van der Waals surface area (Å²) in [5, 5.41) is 28.1. The third-order valence-electron chi connectivity index (χ3n) is 2.13. The van der Waals surface area contributed by atoms with Gasteiger partial charge in [-0.05, 0) is 17.8 Å². The van der Waals surface area contributed by atoms with Crippen LogP contribution in [0.15, 0.2) is 0 Å². The van der Waals surface area contributed by atoms with Crippen molar-refractivity contribution in [2.24, 2.45) is 0 Å². The number of aromatic hydroxyl groups is 3. The minimum atomic E-state index is -0.0457. The maximum absolute atomic E-state index is 9.37. The van der Waals surface area contributed by atoms with Crippen LogP contribution < -0.4 is 10.9 Å². The molecule has 0 bridgehead atoms. The molecule has 3 N–H and O–H groups in total. The topological polar surface area (TPSA) is 60.7 Å². The molecule has 1 aromatic rings. The Morgan fingerprint density at radius 3 is 1.50 bits per heavy atom. The minimum Gasteiger partial charge on any atom is -0.509 e. The molecule has 0 saturated carbocycles. The van der Waals surface area contributed by atoms with Crippen LogP contribution in [0.5, 0.6) is 17.2 Å². The van der Waals surface area contributed by atoms with Crippen molar-refractivity contribution in [3.8, 4) is 17.2 Å². The summed E-state index contributed by atoms with van der Waals surface area (Å²) in [7, 11) is 3.20. The third-order valence-corrected chi connectivity index (χ3v) is 2.13. The van der Waals surface area contributed by atoms with Crippen molar-refractivity contribution in [3.05, 3.63) is 5.56 Å².